The SMILES string of the molecule is NCC(NC(=O)c1ccc(=O)oc1)C1CC1. The number of carbonyl (C=O) groups excluding carboxylic acids is 1. The van der Waals surface area contributed by atoms with Gasteiger partial charge in [0, 0.05) is 18.7 Å². The Hall–Kier alpha value is -1.62. The van der Waals surface area contributed by atoms with Gasteiger partial charge in [-0.1, -0.05) is 0 Å². The van der Waals surface area contributed by atoms with Gasteiger partial charge >= 0.3 is 5.63 Å². The molecule has 0 bridgehead atoms. The van der Waals surface area contributed by atoms with Crippen molar-refractivity contribution in [3.63, 3.8) is 0 Å². The van der Waals surface area contributed by atoms with Gasteiger partial charge < -0.3 is 15.5 Å². The standard InChI is InChI=1S/C11H14N2O3/c12-5-9(7-1-2-7)13-11(15)8-3-4-10(14)16-6-8/h3-4,6-7,9H,1-2,5,12H2,(H,13,15). The van der Waals surface area contributed by atoms with E-state index in [4.69, 9.17) is 5.73 Å². The minimum atomic E-state index is -0.464. The van der Waals surface area contributed by atoms with E-state index >= 15 is 0 Å². The fourth-order valence-electron chi connectivity index (χ4n) is 1.61. The number of hydrogen-bond acceptors (Lipinski definition) is 4. The highest BCUT2D eigenvalue weighted by Gasteiger charge is 2.31. The lowest BCUT2D eigenvalue weighted by molar-refractivity contribution is 0.0931. The van der Waals surface area contributed by atoms with Crippen molar-refractivity contribution in [1.29, 1.82) is 0 Å². The Kier molecular flexibility index (Phi) is 3.05. The number of rotatable bonds is 4. The van der Waals surface area contributed by atoms with Crippen LogP contribution in [0, 0.1) is 5.92 Å². The number of amides is 1. The lowest BCUT2D eigenvalue weighted by Crippen LogP contribution is -2.41. The maximum Gasteiger partial charge on any atom is 0.335 e. The third-order valence-corrected chi connectivity index (χ3v) is 2.72. The fraction of sp³-hybridized carbons (Fsp3) is 0.455. The van der Waals surface area contributed by atoms with Gasteiger partial charge in [-0.25, -0.2) is 4.79 Å². The Balaban J connectivity index is 2.01. The van der Waals surface area contributed by atoms with E-state index in [0.717, 1.165) is 19.1 Å². The van der Waals surface area contributed by atoms with Crippen molar-refractivity contribution in [3.05, 3.63) is 34.4 Å². The third kappa shape index (κ3) is 2.49. The number of carbonyl (C=O) groups is 1. The van der Waals surface area contributed by atoms with E-state index in [9.17, 15) is 9.59 Å². The van der Waals surface area contributed by atoms with Crippen LogP contribution in [-0.4, -0.2) is 18.5 Å². The molecule has 1 aromatic rings. The molecule has 1 heterocycles. The molecule has 1 amide bonds. The smallest absolute Gasteiger partial charge is 0.335 e. The summed E-state index contributed by atoms with van der Waals surface area (Å²) in [6, 6.07) is 2.70. The van der Waals surface area contributed by atoms with Crippen LogP contribution in [0.3, 0.4) is 0 Å². The highest BCUT2D eigenvalue weighted by molar-refractivity contribution is 5.93. The quantitative estimate of drug-likeness (QED) is 0.757. The highest BCUT2D eigenvalue weighted by Crippen LogP contribution is 2.32. The summed E-state index contributed by atoms with van der Waals surface area (Å²) in [6.45, 7) is 0.438. The Morgan fingerprint density at radius 3 is 2.81 bits per heavy atom. The number of hydrogen-bond donors (Lipinski definition) is 2. The molecule has 2 rings (SSSR count). The first-order chi connectivity index (χ1) is 7.70. The van der Waals surface area contributed by atoms with Gasteiger partial charge in [-0.05, 0) is 24.8 Å². The summed E-state index contributed by atoms with van der Waals surface area (Å²) in [4.78, 5) is 22.5. The lowest BCUT2D eigenvalue weighted by atomic mass is 10.1. The first kappa shape index (κ1) is 10.9. The largest absolute Gasteiger partial charge is 0.430 e. The van der Waals surface area contributed by atoms with Crippen molar-refractivity contribution in [2.24, 2.45) is 11.7 Å². The van der Waals surface area contributed by atoms with Crippen molar-refractivity contribution >= 4 is 5.91 Å². The molecule has 1 aliphatic carbocycles. The Morgan fingerprint density at radius 1 is 1.56 bits per heavy atom. The summed E-state index contributed by atoms with van der Waals surface area (Å²) in [6.07, 6.45) is 3.40. The zero-order valence-corrected chi connectivity index (χ0v) is 8.81. The van der Waals surface area contributed by atoms with Crippen molar-refractivity contribution in [3.8, 4) is 0 Å². The molecule has 86 valence electrons. The van der Waals surface area contributed by atoms with Crippen LogP contribution in [0.2, 0.25) is 0 Å². The zero-order chi connectivity index (χ0) is 11.5. The monoisotopic (exact) mass is 222 g/mol. The van der Waals surface area contributed by atoms with Crippen LogP contribution in [0.4, 0.5) is 0 Å². The van der Waals surface area contributed by atoms with Gasteiger partial charge in [0.05, 0.1) is 5.56 Å². The van der Waals surface area contributed by atoms with Crippen molar-refractivity contribution in [2.75, 3.05) is 6.54 Å². The maximum absolute atomic E-state index is 11.7. The van der Waals surface area contributed by atoms with E-state index in [1.54, 1.807) is 0 Å². The summed E-state index contributed by atoms with van der Waals surface area (Å²) >= 11 is 0. The summed E-state index contributed by atoms with van der Waals surface area (Å²) < 4.78 is 4.62. The molecule has 0 radical (unpaired) electrons. The maximum atomic E-state index is 11.7. The molecule has 1 saturated carbocycles. The first-order valence-corrected chi connectivity index (χ1v) is 5.30. The summed E-state index contributed by atoms with van der Waals surface area (Å²) in [7, 11) is 0. The average Bonchev–Trinajstić information content (AvgIpc) is 3.10. The second kappa shape index (κ2) is 4.49. The van der Waals surface area contributed by atoms with E-state index in [1.165, 1.54) is 12.1 Å². The molecule has 5 nitrogen and oxygen atoms in total. The third-order valence-electron chi connectivity index (χ3n) is 2.72. The normalized spacial score (nSPS) is 16.8. The van der Waals surface area contributed by atoms with Crippen molar-refractivity contribution in [1.82, 2.24) is 5.32 Å². The Bertz CT molecular complexity index is 417. The molecule has 0 aromatic carbocycles. The van der Waals surface area contributed by atoms with Crippen LogP contribution in [0.5, 0.6) is 0 Å². The molecular formula is C11H14N2O3. The molecule has 0 spiro atoms. The summed E-state index contributed by atoms with van der Waals surface area (Å²) in [5.41, 5.74) is 5.46. The molecule has 1 atom stereocenters. The van der Waals surface area contributed by atoms with Gasteiger partial charge in [0.25, 0.3) is 5.91 Å². The molecular weight excluding hydrogens is 208 g/mol. The van der Waals surface area contributed by atoms with E-state index in [0.29, 0.717) is 18.0 Å². The van der Waals surface area contributed by atoms with Crippen molar-refractivity contribution < 1.29 is 9.21 Å². The number of nitrogens with two attached hydrogens (primary N) is 1. The Labute approximate surface area is 92.6 Å². The molecule has 3 N–H and O–H groups in total. The van der Waals surface area contributed by atoms with E-state index in [1.807, 2.05) is 0 Å². The Morgan fingerprint density at radius 2 is 2.31 bits per heavy atom. The second-order valence-electron chi connectivity index (χ2n) is 4.00. The molecule has 1 aliphatic rings. The predicted molar refractivity (Wildman–Crippen MR) is 58.0 cm³/mol. The summed E-state index contributed by atoms with van der Waals surface area (Å²) in [5, 5.41) is 2.84. The first-order valence-electron chi connectivity index (χ1n) is 5.30. The predicted octanol–water partition coefficient (Wildman–Crippen LogP) is 0.107. The zero-order valence-electron chi connectivity index (χ0n) is 8.81. The van der Waals surface area contributed by atoms with E-state index in [2.05, 4.69) is 9.73 Å². The van der Waals surface area contributed by atoms with Gasteiger partial charge in [0.15, 0.2) is 0 Å². The summed E-state index contributed by atoms with van der Waals surface area (Å²) in [5.74, 6) is 0.260. The highest BCUT2D eigenvalue weighted by atomic mass is 16.4. The molecule has 16 heavy (non-hydrogen) atoms. The average molecular weight is 222 g/mol. The van der Waals surface area contributed by atoms with Gasteiger partial charge in [-0.15, -0.1) is 0 Å². The van der Waals surface area contributed by atoms with Gasteiger partial charge in [0.2, 0.25) is 0 Å². The van der Waals surface area contributed by atoms with Crippen LogP contribution < -0.4 is 16.7 Å². The van der Waals surface area contributed by atoms with E-state index < -0.39 is 5.63 Å². The molecule has 0 saturated heterocycles. The van der Waals surface area contributed by atoms with Crippen LogP contribution >= 0.6 is 0 Å². The fourth-order valence-corrected chi connectivity index (χ4v) is 1.61. The van der Waals surface area contributed by atoms with Crippen LogP contribution in [0.15, 0.2) is 27.6 Å². The van der Waals surface area contributed by atoms with Crippen LogP contribution in [0.1, 0.15) is 23.2 Å². The minimum Gasteiger partial charge on any atom is -0.430 e. The minimum absolute atomic E-state index is 0.0272. The molecule has 5 heteroatoms. The van der Waals surface area contributed by atoms with Crippen LogP contribution in [-0.2, 0) is 0 Å². The van der Waals surface area contributed by atoms with Gasteiger partial charge in [-0.3, -0.25) is 4.79 Å². The molecule has 1 fully saturated rings. The molecule has 1 aromatic heterocycles. The molecule has 1 unspecified atom stereocenters. The number of nitrogens with one attached hydrogen (secondary N) is 1. The van der Waals surface area contributed by atoms with Gasteiger partial charge in [-0.2, -0.15) is 0 Å². The topological polar surface area (TPSA) is 85.3 Å². The van der Waals surface area contributed by atoms with Gasteiger partial charge in [0.1, 0.15) is 6.26 Å². The molecule has 0 aliphatic heterocycles. The van der Waals surface area contributed by atoms with Crippen molar-refractivity contribution in [2.45, 2.75) is 18.9 Å². The second-order valence-corrected chi connectivity index (χ2v) is 4.00. The van der Waals surface area contributed by atoms with Crippen LogP contribution in [0.25, 0.3) is 0 Å². The lowest BCUT2D eigenvalue weighted by Gasteiger charge is -2.15. The van der Waals surface area contributed by atoms with E-state index in [-0.39, 0.29) is 11.9 Å².